The highest BCUT2D eigenvalue weighted by Crippen LogP contribution is 2.34. The van der Waals surface area contributed by atoms with Gasteiger partial charge in [0.2, 0.25) is 0 Å². The molecule has 3 aromatic rings. The molecule has 2 aromatic heterocycles. The lowest BCUT2D eigenvalue weighted by atomic mass is 9.92. The molecule has 1 fully saturated rings. The molecule has 162 valence electrons. The number of aryl methyl sites for hydroxylation is 3. The Labute approximate surface area is 180 Å². The van der Waals surface area contributed by atoms with Crippen molar-refractivity contribution in [3.63, 3.8) is 0 Å². The summed E-state index contributed by atoms with van der Waals surface area (Å²) in [5, 5.41) is 3.52. The molecule has 0 bridgehead atoms. The first-order valence-electron chi connectivity index (χ1n) is 10.3. The standard InChI is InChI=1S/C24H26N2O5/c1-12(2)17-10-18-16(9-21(27)31-20(18)7-13(17)3)11-26-22(28)24(6,25-23(26)29)19-8-14(4)30-15(19)5/h7-10,12H,11H2,1-6H3,(H,25,29)/t24-/m1/s1. The summed E-state index contributed by atoms with van der Waals surface area (Å²) in [4.78, 5) is 39.5. The number of nitrogens with one attached hydrogen (secondary N) is 1. The number of hydrogen-bond donors (Lipinski definition) is 1. The van der Waals surface area contributed by atoms with E-state index >= 15 is 0 Å². The summed E-state index contributed by atoms with van der Waals surface area (Å²) in [5.41, 5.74) is 2.04. The Hall–Kier alpha value is -3.35. The maximum atomic E-state index is 13.4. The predicted molar refractivity (Wildman–Crippen MR) is 116 cm³/mol. The van der Waals surface area contributed by atoms with Gasteiger partial charge in [0, 0.05) is 17.0 Å². The minimum Gasteiger partial charge on any atom is -0.466 e. The Kier molecular flexibility index (Phi) is 4.80. The first kappa shape index (κ1) is 20.9. The Morgan fingerprint density at radius 3 is 2.35 bits per heavy atom. The number of benzene rings is 1. The van der Waals surface area contributed by atoms with Crippen molar-refractivity contribution in [3.8, 4) is 0 Å². The van der Waals surface area contributed by atoms with E-state index in [0.29, 0.717) is 28.2 Å². The number of amides is 3. The third-order valence-corrected chi connectivity index (χ3v) is 6.02. The van der Waals surface area contributed by atoms with Crippen molar-refractivity contribution >= 4 is 22.9 Å². The van der Waals surface area contributed by atoms with E-state index in [1.807, 2.05) is 19.1 Å². The van der Waals surface area contributed by atoms with Crippen molar-refractivity contribution in [2.24, 2.45) is 0 Å². The number of fused-ring (bicyclic) bond motifs is 1. The fraction of sp³-hybridized carbons (Fsp3) is 0.375. The molecule has 1 aliphatic heterocycles. The van der Waals surface area contributed by atoms with Gasteiger partial charge in [0.25, 0.3) is 5.91 Å². The molecule has 0 radical (unpaired) electrons. The molecule has 0 unspecified atom stereocenters. The van der Waals surface area contributed by atoms with Crippen LogP contribution in [-0.4, -0.2) is 16.8 Å². The van der Waals surface area contributed by atoms with Gasteiger partial charge in [-0.2, -0.15) is 0 Å². The van der Waals surface area contributed by atoms with Crippen LogP contribution >= 0.6 is 0 Å². The maximum absolute atomic E-state index is 13.4. The van der Waals surface area contributed by atoms with Gasteiger partial charge < -0.3 is 14.2 Å². The van der Waals surface area contributed by atoms with Crippen molar-refractivity contribution in [1.29, 1.82) is 0 Å². The molecule has 3 amide bonds. The Balaban J connectivity index is 1.78. The highest BCUT2D eigenvalue weighted by Gasteiger charge is 2.50. The molecule has 1 N–H and O–H groups in total. The van der Waals surface area contributed by atoms with Crippen molar-refractivity contribution in [1.82, 2.24) is 10.2 Å². The third kappa shape index (κ3) is 3.34. The summed E-state index contributed by atoms with van der Waals surface area (Å²) in [7, 11) is 0. The third-order valence-electron chi connectivity index (χ3n) is 6.02. The van der Waals surface area contributed by atoms with Crippen molar-refractivity contribution in [3.05, 3.63) is 68.5 Å². The van der Waals surface area contributed by atoms with Crippen LogP contribution in [0.4, 0.5) is 4.79 Å². The number of carbonyl (C=O) groups is 2. The van der Waals surface area contributed by atoms with Gasteiger partial charge in [-0.15, -0.1) is 0 Å². The zero-order chi connectivity index (χ0) is 22.7. The van der Waals surface area contributed by atoms with E-state index in [1.54, 1.807) is 26.8 Å². The van der Waals surface area contributed by atoms with Crippen molar-refractivity contribution in [2.45, 2.75) is 59.5 Å². The fourth-order valence-electron chi connectivity index (χ4n) is 4.46. The number of imide groups is 1. The van der Waals surface area contributed by atoms with Gasteiger partial charge in [-0.25, -0.2) is 9.59 Å². The van der Waals surface area contributed by atoms with E-state index in [2.05, 4.69) is 19.2 Å². The highest BCUT2D eigenvalue weighted by atomic mass is 16.4. The van der Waals surface area contributed by atoms with E-state index in [-0.39, 0.29) is 18.4 Å². The van der Waals surface area contributed by atoms with Gasteiger partial charge in [-0.1, -0.05) is 13.8 Å². The van der Waals surface area contributed by atoms with Crippen LogP contribution in [0.2, 0.25) is 0 Å². The molecule has 1 aromatic carbocycles. The van der Waals surface area contributed by atoms with Crippen LogP contribution in [0, 0.1) is 20.8 Å². The van der Waals surface area contributed by atoms with E-state index in [9.17, 15) is 14.4 Å². The molecule has 3 heterocycles. The van der Waals surface area contributed by atoms with Gasteiger partial charge in [0.05, 0.1) is 6.54 Å². The van der Waals surface area contributed by atoms with E-state index in [4.69, 9.17) is 8.83 Å². The molecular formula is C24H26N2O5. The van der Waals surface area contributed by atoms with Crippen LogP contribution in [0.15, 0.2) is 37.9 Å². The topological polar surface area (TPSA) is 92.8 Å². The van der Waals surface area contributed by atoms with Crippen LogP contribution in [0.5, 0.6) is 0 Å². The highest BCUT2D eigenvalue weighted by molar-refractivity contribution is 6.07. The van der Waals surface area contributed by atoms with Crippen LogP contribution in [0.25, 0.3) is 11.0 Å². The van der Waals surface area contributed by atoms with Gasteiger partial charge in [0.1, 0.15) is 22.6 Å². The SMILES string of the molecule is Cc1cc([C@@]2(C)NC(=O)N(Cc3cc(=O)oc4cc(C)c(C(C)C)cc34)C2=O)c(C)o1. The quantitative estimate of drug-likeness (QED) is 0.497. The summed E-state index contributed by atoms with van der Waals surface area (Å²) >= 11 is 0. The average Bonchev–Trinajstić information content (AvgIpc) is 3.12. The van der Waals surface area contributed by atoms with Crippen LogP contribution < -0.4 is 10.9 Å². The van der Waals surface area contributed by atoms with Gasteiger partial charge in [-0.05, 0) is 68.5 Å². The number of furan rings is 1. The van der Waals surface area contributed by atoms with E-state index in [0.717, 1.165) is 21.4 Å². The Bertz CT molecular complexity index is 1280. The molecular weight excluding hydrogens is 396 g/mol. The number of nitrogens with zero attached hydrogens (tertiary/aromatic N) is 1. The van der Waals surface area contributed by atoms with Crippen LogP contribution in [-0.2, 0) is 16.9 Å². The van der Waals surface area contributed by atoms with E-state index < -0.39 is 17.2 Å². The minimum atomic E-state index is -1.23. The summed E-state index contributed by atoms with van der Waals surface area (Å²) in [5.74, 6) is 1.13. The Morgan fingerprint density at radius 2 is 1.74 bits per heavy atom. The summed E-state index contributed by atoms with van der Waals surface area (Å²) in [6.07, 6.45) is 0. The second kappa shape index (κ2) is 7.11. The lowest BCUT2D eigenvalue weighted by Crippen LogP contribution is -2.41. The molecule has 31 heavy (non-hydrogen) atoms. The molecule has 1 aliphatic rings. The van der Waals surface area contributed by atoms with E-state index in [1.165, 1.54) is 6.07 Å². The van der Waals surface area contributed by atoms with Gasteiger partial charge >= 0.3 is 11.7 Å². The molecule has 0 saturated carbocycles. The molecule has 4 rings (SSSR count). The Morgan fingerprint density at radius 1 is 1.03 bits per heavy atom. The zero-order valence-corrected chi connectivity index (χ0v) is 18.6. The molecule has 1 atom stereocenters. The minimum absolute atomic E-state index is 0.0289. The average molecular weight is 422 g/mol. The molecule has 7 nitrogen and oxygen atoms in total. The summed E-state index contributed by atoms with van der Waals surface area (Å²) in [6, 6.07) is 6.42. The smallest absolute Gasteiger partial charge is 0.336 e. The molecule has 7 heteroatoms. The number of urea groups is 1. The second-order valence-corrected chi connectivity index (χ2v) is 8.72. The van der Waals surface area contributed by atoms with Crippen molar-refractivity contribution in [2.75, 3.05) is 0 Å². The lowest BCUT2D eigenvalue weighted by Gasteiger charge is -2.21. The summed E-state index contributed by atoms with van der Waals surface area (Å²) < 4.78 is 11.0. The van der Waals surface area contributed by atoms with Gasteiger partial charge in [-0.3, -0.25) is 9.69 Å². The monoisotopic (exact) mass is 422 g/mol. The largest absolute Gasteiger partial charge is 0.466 e. The summed E-state index contributed by atoms with van der Waals surface area (Å²) in [6.45, 7) is 11.3. The number of carbonyl (C=O) groups excluding carboxylic acids is 2. The van der Waals surface area contributed by atoms with Crippen LogP contribution in [0.3, 0.4) is 0 Å². The number of rotatable bonds is 4. The first-order valence-corrected chi connectivity index (χ1v) is 10.3. The van der Waals surface area contributed by atoms with Crippen LogP contribution in [0.1, 0.15) is 60.5 Å². The number of hydrogen-bond acceptors (Lipinski definition) is 5. The fourth-order valence-corrected chi connectivity index (χ4v) is 4.46. The zero-order valence-electron chi connectivity index (χ0n) is 18.6. The normalized spacial score (nSPS) is 19.0. The molecule has 0 aliphatic carbocycles. The first-order chi connectivity index (χ1) is 14.5. The molecule has 0 spiro atoms. The van der Waals surface area contributed by atoms with Crippen molar-refractivity contribution < 1.29 is 18.4 Å². The predicted octanol–water partition coefficient (Wildman–Crippen LogP) is 4.40. The second-order valence-electron chi connectivity index (χ2n) is 8.72. The lowest BCUT2D eigenvalue weighted by molar-refractivity contribution is -0.131. The maximum Gasteiger partial charge on any atom is 0.336 e. The van der Waals surface area contributed by atoms with Gasteiger partial charge in [0.15, 0.2) is 0 Å². The molecule has 1 saturated heterocycles.